The van der Waals surface area contributed by atoms with Crippen molar-refractivity contribution in [3.05, 3.63) is 63.1 Å². The van der Waals surface area contributed by atoms with Crippen LogP contribution >= 0.6 is 27.3 Å². The fourth-order valence-corrected chi connectivity index (χ4v) is 4.51. The molecule has 0 saturated carbocycles. The van der Waals surface area contributed by atoms with Crippen LogP contribution in [-0.4, -0.2) is 23.0 Å². The number of halogens is 1. The second kappa shape index (κ2) is 6.34. The molecule has 0 bridgehead atoms. The molecule has 2 aromatic carbocycles. The maximum Gasteiger partial charge on any atom is 0.0815 e. The van der Waals surface area contributed by atoms with Crippen LogP contribution in [0.5, 0.6) is 0 Å². The normalized spacial score (nSPS) is 17.0. The van der Waals surface area contributed by atoms with E-state index in [0.29, 0.717) is 6.04 Å². The Hall–Kier alpha value is -1.23. The summed E-state index contributed by atoms with van der Waals surface area (Å²) < 4.78 is 2.46. The minimum absolute atomic E-state index is 0.429. The predicted molar refractivity (Wildman–Crippen MR) is 101 cm³/mol. The highest BCUT2D eigenvalue weighted by atomic mass is 79.9. The molecular weight excluding hydrogens is 368 g/mol. The van der Waals surface area contributed by atoms with Crippen LogP contribution in [0.3, 0.4) is 0 Å². The third-order valence-electron chi connectivity index (χ3n) is 4.89. The van der Waals surface area contributed by atoms with Gasteiger partial charge >= 0.3 is 0 Å². The van der Waals surface area contributed by atoms with Crippen LogP contribution in [0.25, 0.3) is 10.2 Å². The summed E-state index contributed by atoms with van der Waals surface area (Å²) in [5, 5.41) is 0. The quantitative estimate of drug-likeness (QED) is 0.599. The molecule has 118 valence electrons. The maximum atomic E-state index is 4.46. The van der Waals surface area contributed by atoms with Gasteiger partial charge in [-0.3, -0.25) is 4.90 Å². The largest absolute Gasteiger partial charge is 0.296 e. The number of hydrogen-bond donors (Lipinski definition) is 0. The van der Waals surface area contributed by atoms with Gasteiger partial charge < -0.3 is 0 Å². The van der Waals surface area contributed by atoms with Gasteiger partial charge in [0.25, 0.3) is 0 Å². The first-order valence-electron chi connectivity index (χ1n) is 8.05. The van der Waals surface area contributed by atoms with Crippen molar-refractivity contribution >= 4 is 37.5 Å². The molecule has 1 aromatic heterocycles. The van der Waals surface area contributed by atoms with Crippen LogP contribution < -0.4 is 0 Å². The molecule has 1 atom stereocenters. The van der Waals surface area contributed by atoms with E-state index in [2.05, 4.69) is 69.1 Å². The van der Waals surface area contributed by atoms with Crippen molar-refractivity contribution in [3.63, 3.8) is 0 Å². The van der Waals surface area contributed by atoms with E-state index in [4.69, 9.17) is 0 Å². The van der Waals surface area contributed by atoms with Crippen molar-refractivity contribution in [3.8, 4) is 0 Å². The Kier molecular flexibility index (Phi) is 4.22. The van der Waals surface area contributed by atoms with Crippen LogP contribution in [0.2, 0.25) is 0 Å². The van der Waals surface area contributed by atoms with E-state index in [0.717, 1.165) is 31.4 Å². The van der Waals surface area contributed by atoms with E-state index < -0.39 is 0 Å². The van der Waals surface area contributed by atoms with E-state index in [9.17, 15) is 0 Å². The Balaban J connectivity index is 1.56. The predicted octanol–water partition coefficient (Wildman–Crippen LogP) is 5.22. The lowest BCUT2D eigenvalue weighted by Gasteiger charge is -2.28. The van der Waals surface area contributed by atoms with Crippen LogP contribution in [0, 0.1) is 0 Å². The average Bonchev–Trinajstić information content (AvgIpc) is 2.93. The molecule has 2 nitrogen and oxygen atoms in total. The molecule has 0 spiro atoms. The van der Waals surface area contributed by atoms with Crippen LogP contribution in [0.4, 0.5) is 0 Å². The smallest absolute Gasteiger partial charge is 0.0815 e. The zero-order chi connectivity index (χ0) is 15.8. The molecule has 23 heavy (non-hydrogen) atoms. The fourth-order valence-electron chi connectivity index (χ4n) is 3.44. The number of fused-ring (bicyclic) bond motifs is 2. The van der Waals surface area contributed by atoms with Gasteiger partial charge in [0.2, 0.25) is 0 Å². The number of thiazole rings is 1. The van der Waals surface area contributed by atoms with E-state index in [1.54, 1.807) is 11.3 Å². The molecule has 0 amide bonds. The molecule has 0 saturated heterocycles. The van der Waals surface area contributed by atoms with Gasteiger partial charge in [-0.1, -0.05) is 28.1 Å². The first kappa shape index (κ1) is 15.3. The van der Waals surface area contributed by atoms with Gasteiger partial charge in [0, 0.05) is 23.6 Å². The summed E-state index contributed by atoms with van der Waals surface area (Å²) in [6.45, 7) is 4.55. The zero-order valence-corrected chi connectivity index (χ0v) is 15.5. The second-order valence-electron chi connectivity index (χ2n) is 6.20. The molecule has 0 aliphatic carbocycles. The molecule has 0 unspecified atom stereocenters. The summed E-state index contributed by atoms with van der Waals surface area (Å²) in [6, 6.07) is 13.9. The Morgan fingerprint density at radius 3 is 2.78 bits per heavy atom. The first-order valence-corrected chi connectivity index (χ1v) is 9.72. The van der Waals surface area contributed by atoms with Crippen molar-refractivity contribution < 1.29 is 0 Å². The maximum absolute atomic E-state index is 4.46. The molecule has 1 aliphatic heterocycles. The number of aromatic nitrogens is 1. The van der Waals surface area contributed by atoms with Crippen LogP contribution in [-0.2, 0) is 12.8 Å². The summed E-state index contributed by atoms with van der Waals surface area (Å²) in [4.78, 5) is 7.06. The molecule has 0 N–H and O–H groups in total. The van der Waals surface area contributed by atoms with E-state index in [1.807, 2.05) is 5.51 Å². The molecule has 4 heteroatoms. The Bertz CT molecular complexity index is 842. The lowest BCUT2D eigenvalue weighted by molar-refractivity contribution is 0.221. The van der Waals surface area contributed by atoms with Gasteiger partial charge in [-0.05, 0) is 60.7 Å². The summed E-state index contributed by atoms with van der Waals surface area (Å²) in [7, 11) is 0. The Morgan fingerprint density at radius 2 is 1.91 bits per heavy atom. The monoisotopic (exact) mass is 386 g/mol. The van der Waals surface area contributed by atoms with Crippen LogP contribution in [0.1, 0.15) is 29.7 Å². The number of hydrogen-bond acceptors (Lipinski definition) is 3. The lowest BCUT2D eigenvalue weighted by Crippen LogP contribution is -2.29. The van der Waals surface area contributed by atoms with Crippen molar-refractivity contribution in [2.45, 2.75) is 25.8 Å². The fraction of sp³-hybridized carbons (Fsp3) is 0.316. The van der Waals surface area contributed by atoms with E-state index >= 15 is 0 Å². The molecule has 2 heterocycles. The van der Waals surface area contributed by atoms with Crippen molar-refractivity contribution in [1.29, 1.82) is 0 Å². The summed E-state index contributed by atoms with van der Waals surface area (Å²) >= 11 is 5.31. The summed E-state index contributed by atoms with van der Waals surface area (Å²) in [6.07, 6.45) is 2.25. The number of benzene rings is 2. The summed E-state index contributed by atoms with van der Waals surface area (Å²) in [5.74, 6) is 0. The first-order chi connectivity index (χ1) is 11.2. The minimum Gasteiger partial charge on any atom is -0.296 e. The SMILES string of the molecule is C[C@@H](c1ccc2scnc2c1)N1CCc2ccc(Br)cc2CC1. The molecular formula is C19H19BrN2S. The van der Waals surface area contributed by atoms with Gasteiger partial charge in [-0.15, -0.1) is 11.3 Å². The second-order valence-corrected chi connectivity index (χ2v) is 8.01. The summed E-state index contributed by atoms with van der Waals surface area (Å²) in [5.41, 5.74) is 7.42. The van der Waals surface area contributed by atoms with Gasteiger partial charge in [0.05, 0.1) is 15.7 Å². The third kappa shape index (κ3) is 3.08. The van der Waals surface area contributed by atoms with Gasteiger partial charge in [-0.25, -0.2) is 4.98 Å². The van der Waals surface area contributed by atoms with E-state index in [1.165, 1.54) is 25.9 Å². The third-order valence-corrected chi connectivity index (χ3v) is 6.19. The highest BCUT2D eigenvalue weighted by molar-refractivity contribution is 9.10. The molecule has 0 fully saturated rings. The molecule has 0 radical (unpaired) electrons. The van der Waals surface area contributed by atoms with Gasteiger partial charge in [0.15, 0.2) is 0 Å². The zero-order valence-electron chi connectivity index (χ0n) is 13.1. The molecule has 4 rings (SSSR count). The number of rotatable bonds is 2. The minimum atomic E-state index is 0.429. The topological polar surface area (TPSA) is 16.1 Å². The Morgan fingerprint density at radius 1 is 1.09 bits per heavy atom. The standard InChI is InChI=1S/C19H19BrN2S/c1-13(15-3-5-19-18(11-15)21-12-23-19)22-8-6-14-2-4-17(20)10-16(14)7-9-22/h2-5,10-13H,6-9H2,1H3/t13-/m0/s1. The van der Waals surface area contributed by atoms with E-state index in [-0.39, 0.29) is 0 Å². The van der Waals surface area contributed by atoms with Crippen molar-refractivity contribution in [2.24, 2.45) is 0 Å². The number of nitrogens with zero attached hydrogens (tertiary/aromatic N) is 2. The van der Waals surface area contributed by atoms with Gasteiger partial charge in [-0.2, -0.15) is 0 Å². The van der Waals surface area contributed by atoms with Crippen LogP contribution in [0.15, 0.2) is 46.4 Å². The molecule has 3 aromatic rings. The molecule has 1 aliphatic rings. The van der Waals surface area contributed by atoms with Gasteiger partial charge in [0.1, 0.15) is 0 Å². The lowest BCUT2D eigenvalue weighted by atomic mass is 10.0. The van der Waals surface area contributed by atoms with Crippen molar-refractivity contribution in [1.82, 2.24) is 9.88 Å². The highest BCUT2D eigenvalue weighted by Crippen LogP contribution is 2.28. The Labute approximate surface area is 149 Å². The highest BCUT2D eigenvalue weighted by Gasteiger charge is 2.20. The van der Waals surface area contributed by atoms with Crippen molar-refractivity contribution in [2.75, 3.05) is 13.1 Å². The average molecular weight is 387 g/mol.